The number of hydrogen-bond acceptors (Lipinski definition) is 4. The van der Waals surface area contributed by atoms with E-state index in [1.165, 1.54) is 5.56 Å². The summed E-state index contributed by atoms with van der Waals surface area (Å²) in [6, 6.07) is 5.77. The molecule has 1 saturated heterocycles. The molecule has 22 heavy (non-hydrogen) atoms. The molecule has 1 fully saturated rings. The highest BCUT2D eigenvalue weighted by Crippen LogP contribution is 2.26. The SMILES string of the molecule is CC.CS(C)(=O)=O.Clc1ccc(C2CNCCOC2)cc1Cl. The molecule has 1 unspecified atom stereocenters. The van der Waals surface area contributed by atoms with Gasteiger partial charge in [0.15, 0.2) is 0 Å². The van der Waals surface area contributed by atoms with Gasteiger partial charge in [0.1, 0.15) is 9.84 Å². The maximum absolute atomic E-state index is 9.63. The first kappa shape index (κ1) is 21.7. The molecule has 1 N–H and O–H groups in total. The second-order valence-electron chi connectivity index (χ2n) is 4.79. The topological polar surface area (TPSA) is 55.4 Å². The lowest BCUT2D eigenvalue weighted by atomic mass is 10.0. The second kappa shape index (κ2) is 11.2. The molecule has 1 atom stereocenters. The molecule has 0 saturated carbocycles. The lowest BCUT2D eigenvalue weighted by Gasteiger charge is -2.14. The molecule has 7 heteroatoms. The zero-order chi connectivity index (χ0) is 17.2. The van der Waals surface area contributed by atoms with Gasteiger partial charge in [0.25, 0.3) is 0 Å². The van der Waals surface area contributed by atoms with Crippen molar-refractivity contribution in [3.05, 3.63) is 33.8 Å². The van der Waals surface area contributed by atoms with E-state index in [0.29, 0.717) is 16.0 Å². The van der Waals surface area contributed by atoms with Crippen molar-refractivity contribution in [2.75, 3.05) is 38.8 Å². The van der Waals surface area contributed by atoms with Gasteiger partial charge in [-0.3, -0.25) is 0 Å². The Hall–Kier alpha value is -0.330. The summed E-state index contributed by atoms with van der Waals surface area (Å²) in [7, 11) is -2.67. The second-order valence-corrected chi connectivity index (χ2v) is 7.89. The molecule has 1 aliphatic heterocycles. The van der Waals surface area contributed by atoms with Crippen LogP contribution >= 0.6 is 23.2 Å². The van der Waals surface area contributed by atoms with Gasteiger partial charge in [0.2, 0.25) is 0 Å². The van der Waals surface area contributed by atoms with Crippen LogP contribution in [0.5, 0.6) is 0 Å². The van der Waals surface area contributed by atoms with Crippen molar-refractivity contribution in [1.82, 2.24) is 5.32 Å². The number of benzene rings is 1. The summed E-state index contributed by atoms with van der Waals surface area (Å²) >= 11 is 11.9. The lowest BCUT2D eigenvalue weighted by molar-refractivity contribution is 0.141. The van der Waals surface area contributed by atoms with Gasteiger partial charge in [0.05, 0.1) is 23.3 Å². The first-order chi connectivity index (χ1) is 10.3. The number of nitrogens with one attached hydrogen (secondary N) is 1. The molecule has 2 rings (SSSR count). The van der Waals surface area contributed by atoms with Crippen molar-refractivity contribution in [2.24, 2.45) is 0 Å². The van der Waals surface area contributed by atoms with Gasteiger partial charge < -0.3 is 10.1 Å². The van der Waals surface area contributed by atoms with Gasteiger partial charge in [0, 0.05) is 31.5 Å². The Kier molecular flexibility index (Phi) is 11.1. The number of rotatable bonds is 1. The van der Waals surface area contributed by atoms with Gasteiger partial charge in [-0.2, -0.15) is 0 Å². The minimum absolute atomic E-state index is 0.363. The Balaban J connectivity index is 0.000000540. The summed E-state index contributed by atoms with van der Waals surface area (Å²) in [6.45, 7) is 7.36. The van der Waals surface area contributed by atoms with Crippen molar-refractivity contribution >= 4 is 33.0 Å². The Labute approximate surface area is 144 Å². The highest BCUT2D eigenvalue weighted by atomic mass is 35.5. The highest BCUT2D eigenvalue weighted by molar-refractivity contribution is 7.89. The molecular weight excluding hydrogens is 345 g/mol. The van der Waals surface area contributed by atoms with Crippen LogP contribution in [0.15, 0.2) is 18.2 Å². The third-order valence-electron chi connectivity index (χ3n) is 2.55. The minimum atomic E-state index is -2.67. The Morgan fingerprint density at radius 2 is 1.77 bits per heavy atom. The van der Waals surface area contributed by atoms with E-state index < -0.39 is 9.84 Å². The molecule has 1 aromatic rings. The fourth-order valence-corrected chi connectivity index (χ4v) is 1.99. The molecule has 0 bridgehead atoms. The molecule has 0 aromatic heterocycles. The Morgan fingerprint density at radius 3 is 2.32 bits per heavy atom. The van der Waals surface area contributed by atoms with Gasteiger partial charge in [-0.1, -0.05) is 43.1 Å². The van der Waals surface area contributed by atoms with Gasteiger partial charge in [-0.15, -0.1) is 0 Å². The van der Waals surface area contributed by atoms with Crippen molar-refractivity contribution in [3.63, 3.8) is 0 Å². The summed E-state index contributed by atoms with van der Waals surface area (Å²) in [5, 5.41) is 4.54. The summed E-state index contributed by atoms with van der Waals surface area (Å²) in [5.74, 6) is 0.363. The first-order valence-electron chi connectivity index (χ1n) is 7.16. The predicted molar refractivity (Wildman–Crippen MR) is 95.0 cm³/mol. The molecule has 1 aromatic carbocycles. The summed E-state index contributed by atoms with van der Waals surface area (Å²) in [5.41, 5.74) is 1.18. The van der Waals surface area contributed by atoms with E-state index in [-0.39, 0.29) is 0 Å². The van der Waals surface area contributed by atoms with Crippen LogP contribution in [-0.2, 0) is 14.6 Å². The molecule has 0 amide bonds. The summed E-state index contributed by atoms with van der Waals surface area (Å²) in [6.07, 6.45) is 2.32. The van der Waals surface area contributed by atoms with Crippen LogP contribution < -0.4 is 5.32 Å². The Bertz CT molecular complexity index is 520. The van der Waals surface area contributed by atoms with Crippen molar-refractivity contribution in [3.8, 4) is 0 Å². The Morgan fingerprint density at radius 1 is 1.18 bits per heavy atom. The third kappa shape index (κ3) is 10.4. The van der Waals surface area contributed by atoms with Crippen molar-refractivity contribution < 1.29 is 13.2 Å². The summed E-state index contributed by atoms with van der Waals surface area (Å²) < 4.78 is 24.8. The van der Waals surface area contributed by atoms with E-state index in [4.69, 9.17) is 27.9 Å². The van der Waals surface area contributed by atoms with E-state index in [1.807, 2.05) is 32.0 Å². The highest BCUT2D eigenvalue weighted by Gasteiger charge is 2.15. The molecule has 128 valence electrons. The quantitative estimate of drug-likeness (QED) is 0.824. The number of hydrogen-bond donors (Lipinski definition) is 1. The first-order valence-corrected chi connectivity index (χ1v) is 10.2. The third-order valence-corrected chi connectivity index (χ3v) is 3.29. The standard InChI is InChI=1S/C11H13Cl2NO.C2H6O2S.C2H6/c12-10-2-1-8(5-11(10)13)9-6-14-3-4-15-7-9;1-5(2,3)4;1-2/h1-2,5,9,14H,3-4,6-7H2;1-2H3;1-2H3. The maximum Gasteiger partial charge on any atom is 0.144 e. The monoisotopic (exact) mass is 369 g/mol. The zero-order valence-corrected chi connectivity index (χ0v) is 15.9. The van der Waals surface area contributed by atoms with Crippen LogP contribution in [0.1, 0.15) is 25.3 Å². The maximum atomic E-state index is 9.63. The van der Waals surface area contributed by atoms with E-state index in [1.54, 1.807) is 0 Å². The van der Waals surface area contributed by atoms with Crippen molar-refractivity contribution in [2.45, 2.75) is 19.8 Å². The molecule has 0 radical (unpaired) electrons. The largest absolute Gasteiger partial charge is 0.379 e. The van der Waals surface area contributed by atoms with E-state index in [0.717, 1.165) is 38.8 Å². The predicted octanol–water partition coefficient (Wildman–Crippen LogP) is 3.38. The van der Waals surface area contributed by atoms with Crippen LogP contribution in [0.25, 0.3) is 0 Å². The molecule has 0 aliphatic carbocycles. The van der Waals surface area contributed by atoms with Gasteiger partial charge in [-0.25, -0.2) is 8.42 Å². The van der Waals surface area contributed by atoms with Crippen LogP contribution in [-0.4, -0.2) is 47.2 Å². The van der Waals surface area contributed by atoms with E-state index in [9.17, 15) is 8.42 Å². The average Bonchev–Trinajstić information content (AvgIpc) is 2.71. The van der Waals surface area contributed by atoms with Crippen LogP contribution in [0, 0.1) is 0 Å². The minimum Gasteiger partial charge on any atom is -0.379 e. The van der Waals surface area contributed by atoms with Crippen LogP contribution in [0.3, 0.4) is 0 Å². The summed E-state index contributed by atoms with van der Waals surface area (Å²) in [4.78, 5) is 0. The molecular formula is C15H25Cl2NO3S. The normalized spacial score (nSPS) is 18.2. The van der Waals surface area contributed by atoms with Gasteiger partial charge in [-0.05, 0) is 17.7 Å². The van der Waals surface area contributed by atoms with Crippen molar-refractivity contribution in [1.29, 1.82) is 0 Å². The molecule has 4 nitrogen and oxygen atoms in total. The number of halogens is 2. The number of ether oxygens (including phenoxy) is 1. The fraction of sp³-hybridized carbons (Fsp3) is 0.600. The zero-order valence-electron chi connectivity index (χ0n) is 13.5. The van der Waals surface area contributed by atoms with E-state index in [2.05, 4.69) is 5.32 Å². The number of sulfone groups is 1. The van der Waals surface area contributed by atoms with Gasteiger partial charge >= 0.3 is 0 Å². The molecule has 0 spiro atoms. The lowest BCUT2D eigenvalue weighted by Crippen LogP contribution is -2.21. The molecule has 1 heterocycles. The molecule has 1 aliphatic rings. The van der Waals surface area contributed by atoms with E-state index >= 15 is 0 Å². The smallest absolute Gasteiger partial charge is 0.144 e. The van der Waals surface area contributed by atoms with Crippen LogP contribution in [0.2, 0.25) is 10.0 Å². The van der Waals surface area contributed by atoms with Crippen LogP contribution in [0.4, 0.5) is 0 Å². The average molecular weight is 370 g/mol. The fourth-order valence-electron chi connectivity index (χ4n) is 1.69.